The predicted molar refractivity (Wildman–Crippen MR) is 114 cm³/mol. The molecule has 1 unspecified atom stereocenters. The van der Waals surface area contributed by atoms with Gasteiger partial charge in [0.2, 0.25) is 0 Å². The van der Waals surface area contributed by atoms with Crippen LogP contribution in [0.4, 0.5) is 0 Å². The van der Waals surface area contributed by atoms with E-state index in [1.165, 1.54) is 74.5 Å². The molecular weight excluding hydrogens is 366 g/mol. The monoisotopic (exact) mass is 409 g/mol. The van der Waals surface area contributed by atoms with Crippen LogP contribution in [0.2, 0.25) is 10.5 Å². The Hall–Kier alpha value is -0.336. The van der Waals surface area contributed by atoms with E-state index in [9.17, 15) is 4.79 Å². The van der Waals surface area contributed by atoms with Crippen LogP contribution in [0.25, 0.3) is 0 Å². The number of rotatable bonds is 3. The van der Waals surface area contributed by atoms with Crippen LogP contribution in [-0.4, -0.2) is 5.91 Å². The normalized spacial score (nSPS) is 24.6. The third kappa shape index (κ3) is 6.07. The van der Waals surface area contributed by atoms with E-state index in [1.54, 1.807) is 3.88 Å². The summed E-state index contributed by atoms with van der Waals surface area (Å²) in [6.07, 6.45) is 14.1. The second-order valence-electron chi connectivity index (χ2n) is 9.64. The average Bonchev–Trinajstić information content (AvgIpc) is 2.78. The van der Waals surface area contributed by atoms with Crippen molar-refractivity contribution < 1.29 is 21.6 Å². The molecule has 154 valence electrons. The van der Waals surface area contributed by atoms with Crippen LogP contribution in [-0.2, 0) is 21.6 Å². The first-order valence-electron chi connectivity index (χ1n) is 11.5. The summed E-state index contributed by atoms with van der Waals surface area (Å²) in [5.41, 5.74) is 4.42. The first kappa shape index (κ1) is 22.9. The zero-order valence-electron chi connectivity index (χ0n) is 18.8. The van der Waals surface area contributed by atoms with Gasteiger partial charge in [-0.05, 0) is 0 Å². The Bertz CT molecular complexity index is 575. The van der Waals surface area contributed by atoms with Gasteiger partial charge in [-0.15, -0.1) is 0 Å². The molecule has 2 rings (SSSR count). The fraction of sp³-hybridized carbons (Fsp3) is 0.792. The molecule has 0 heterocycles. The van der Waals surface area contributed by atoms with Crippen LogP contribution < -0.4 is 3.80 Å². The zero-order chi connectivity index (χ0) is 20.0. The van der Waals surface area contributed by atoms with Crippen molar-refractivity contribution in [3.05, 3.63) is 20.6 Å². The Labute approximate surface area is 172 Å². The molecule has 0 radical (unpaired) electrons. The fourth-order valence-corrected chi connectivity index (χ4v) is 10.6. The summed E-state index contributed by atoms with van der Waals surface area (Å²) in [6.45, 7) is 9.12. The summed E-state index contributed by atoms with van der Waals surface area (Å²) in [5, 5.41) is 4.77. The van der Waals surface area contributed by atoms with E-state index in [0.717, 1.165) is 12.8 Å². The molecule has 0 aromatic heterocycles. The summed E-state index contributed by atoms with van der Waals surface area (Å²) >= 11 is -2.55. The second kappa shape index (κ2) is 10.4. The van der Waals surface area contributed by atoms with Crippen LogP contribution in [0.5, 0.6) is 0 Å². The van der Waals surface area contributed by atoms with Crippen molar-refractivity contribution in [3.63, 3.8) is 0 Å². The molecule has 1 atom stereocenters. The quantitative estimate of drug-likeness (QED) is 0.482. The van der Waals surface area contributed by atoms with Crippen LogP contribution in [0.1, 0.15) is 98.3 Å². The van der Waals surface area contributed by atoms with Crippen molar-refractivity contribution in [2.24, 2.45) is 11.8 Å². The van der Waals surface area contributed by atoms with Gasteiger partial charge in [-0.2, -0.15) is 0 Å². The van der Waals surface area contributed by atoms with Gasteiger partial charge < -0.3 is 0 Å². The van der Waals surface area contributed by atoms with Crippen LogP contribution in [0.3, 0.4) is 0 Å². The molecule has 0 aromatic rings. The molecule has 0 aliphatic heterocycles. The summed E-state index contributed by atoms with van der Waals surface area (Å²) < 4.78 is 5.24. The van der Waals surface area contributed by atoms with Crippen LogP contribution >= 0.6 is 0 Å². The van der Waals surface area contributed by atoms with E-state index in [-0.39, 0.29) is 5.92 Å². The predicted octanol–water partition coefficient (Wildman–Crippen LogP) is 7.45. The Kier molecular flexibility index (Phi) is 8.88. The van der Waals surface area contributed by atoms with Gasteiger partial charge in [0.05, 0.1) is 0 Å². The molecular formula is C24H43NOTi. The van der Waals surface area contributed by atoms with Crippen LogP contribution in [0, 0.1) is 11.8 Å². The van der Waals surface area contributed by atoms with Crippen molar-refractivity contribution in [3.8, 4) is 0 Å². The van der Waals surface area contributed by atoms with E-state index in [2.05, 4.69) is 42.0 Å². The molecule has 1 amide bonds. The maximum atomic E-state index is 13.3. The standard InChI is InChI=1S/C13H25NO.C9H13.2CH3.Ti/c14-13(15)12-10-8-6-4-2-1-3-5-7-9-11-12;1-6-5-7(2)9(4)8(6)3;;;/h12H,1-11H2,(H2,14,15);6H,1-4H3;2*1H3;/q;;;;+1/p-1. The maximum absolute atomic E-state index is 13.3. The van der Waals surface area contributed by atoms with Gasteiger partial charge >= 0.3 is 173 Å². The Morgan fingerprint density at radius 1 is 0.815 bits per heavy atom. The number of carbonyl (C=O) groups is 1. The SMILES string of the molecule is CC1=C(C)C(C)[C]([Ti]([CH3])([CH3])[NH]C(=O)C2CCCCCCCCCCC2)=C1C. The molecule has 3 heteroatoms. The number of hydrogen-bond donors (Lipinski definition) is 1. The van der Waals surface area contributed by atoms with Gasteiger partial charge in [-0.25, -0.2) is 0 Å². The minimum atomic E-state index is -2.55. The van der Waals surface area contributed by atoms with Crippen molar-refractivity contribution in [2.45, 2.75) is 109 Å². The van der Waals surface area contributed by atoms with Crippen molar-refractivity contribution in [2.75, 3.05) is 0 Å². The molecule has 2 aliphatic carbocycles. The number of hydrogen-bond acceptors (Lipinski definition) is 1. The Morgan fingerprint density at radius 2 is 1.26 bits per heavy atom. The number of amides is 1. The first-order chi connectivity index (χ1) is 12.8. The Balaban J connectivity index is 2.04. The number of carbonyl (C=O) groups excluding carboxylic acids is 1. The second-order valence-corrected chi connectivity index (χ2v) is 15.9. The first-order valence-corrected chi connectivity index (χ1v) is 16.1. The van der Waals surface area contributed by atoms with Crippen molar-refractivity contribution in [1.82, 2.24) is 3.80 Å². The number of nitrogens with one attached hydrogen (secondary N) is 1. The van der Waals surface area contributed by atoms with E-state index in [1.807, 2.05) is 0 Å². The van der Waals surface area contributed by atoms with Gasteiger partial charge in [0.25, 0.3) is 0 Å². The van der Waals surface area contributed by atoms with Crippen LogP contribution in [0.15, 0.2) is 20.6 Å². The van der Waals surface area contributed by atoms with E-state index >= 15 is 0 Å². The zero-order valence-corrected chi connectivity index (χ0v) is 20.4. The van der Waals surface area contributed by atoms with E-state index in [4.69, 9.17) is 0 Å². The number of allylic oxidation sites excluding steroid dienone is 4. The molecule has 2 aliphatic rings. The average molecular weight is 409 g/mol. The summed E-state index contributed by atoms with van der Waals surface area (Å²) in [4.78, 5) is 13.3. The summed E-state index contributed by atoms with van der Waals surface area (Å²) in [5.74, 6) is 1.12. The van der Waals surface area contributed by atoms with Gasteiger partial charge in [-0.3, -0.25) is 0 Å². The molecule has 2 nitrogen and oxygen atoms in total. The molecule has 1 saturated carbocycles. The molecule has 0 spiro atoms. The molecule has 27 heavy (non-hydrogen) atoms. The van der Waals surface area contributed by atoms with Gasteiger partial charge in [0, 0.05) is 0 Å². The Morgan fingerprint density at radius 3 is 1.67 bits per heavy atom. The fourth-order valence-electron chi connectivity index (χ4n) is 5.28. The van der Waals surface area contributed by atoms with Crippen molar-refractivity contribution >= 4 is 5.91 Å². The summed E-state index contributed by atoms with van der Waals surface area (Å²) in [6, 6.07) is 0. The topological polar surface area (TPSA) is 29.1 Å². The van der Waals surface area contributed by atoms with Gasteiger partial charge in [0.1, 0.15) is 0 Å². The van der Waals surface area contributed by atoms with E-state index < -0.39 is 16.8 Å². The van der Waals surface area contributed by atoms with Crippen molar-refractivity contribution in [1.29, 1.82) is 0 Å². The summed E-state index contributed by atoms with van der Waals surface area (Å²) in [7, 11) is 0. The third-order valence-corrected chi connectivity index (χ3v) is 12.0. The molecule has 1 fully saturated rings. The van der Waals surface area contributed by atoms with E-state index in [0.29, 0.717) is 11.8 Å². The van der Waals surface area contributed by atoms with Gasteiger partial charge in [0.15, 0.2) is 0 Å². The van der Waals surface area contributed by atoms with Gasteiger partial charge in [-0.1, -0.05) is 0 Å². The molecule has 0 bridgehead atoms. The molecule has 0 aromatic carbocycles. The molecule has 0 saturated heterocycles. The molecule has 1 N–H and O–H groups in total. The minimum absolute atomic E-state index is 0.238. The third-order valence-electron chi connectivity index (χ3n) is 7.23.